The quantitative estimate of drug-likeness (QED) is 0.635. The van der Waals surface area contributed by atoms with Gasteiger partial charge in [-0.15, -0.1) is 0 Å². The van der Waals surface area contributed by atoms with E-state index < -0.39 is 0 Å². The number of amides is 2. The maximum Gasteiger partial charge on any atom is 0.315 e. The Kier molecular flexibility index (Phi) is 7.76. The first-order valence-electron chi connectivity index (χ1n) is 6.26. The molecule has 0 unspecified atom stereocenters. The van der Waals surface area contributed by atoms with E-state index in [9.17, 15) is 4.79 Å². The van der Waals surface area contributed by atoms with Crippen LogP contribution in [0.3, 0.4) is 0 Å². The second-order valence-corrected chi connectivity index (χ2v) is 4.90. The molecule has 20 heavy (non-hydrogen) atoms. The Labute approximate surface area is 128 Å². The smallest absolute Gasteiger partial charge is 0.315 e. The third kappa shape index (κ3) is 5.58. The standard InChI is InChI=1S/C12H19Cl2N3O3/c1-17-9(7-10(13)11(17)14)8-16-12(19)15-3-2-5-20-6-4-18/h7,18H,2-6,8H2,1H3,(H2,15,16,19). The van der Waals surface area contributed by atoms with Crippen molar-refractivity contribution in [1.82, 2.24) is 15.2 Å². The summed E-state index contributed by atoms with van der Waals surface area (Å²) in [7, 11) is 1.78. The first-order valence-corrected chi connectivity index (χ1v) is 7.01. The highest BCUT2D eigenvalue weighted by atomic mass is 35.5. The molecule has 0 bridgehead atoms. The minimum Gasteiger partial charge on any atom is -0.394 e. The molecule has 0 aliphatic carbocycles. The van der Waals surface area contributed by atoms with Crippen molar-refractivity contribution in [2.45, 2.75) is 13.0 Å². The Morgan fingerprint density at radius 2 is 2.15 bits per heavy atom. The van der Waals surface area contributed by atoms with Crippen LogP contribution >= 0.6 is 23.2 Å². The molecule has 0 aliphatic rings. The van der Waals surface area contributed by atoms with Gasteiger partial charge in [0.2, 0.25) is 0 Å². The van der Waals surface area contributed by atoms with Crippen LogP contribution in [0.2, 0.25) is 10.2 Å². The number of nitrogens with zero attached hydrogens (tertiary/aromatic N) is 1. The Morgan fingerprint density at radius 3 is 2.75 bits per heavy atom. The number of carbonyl (C=O) groups excluding carboxylic acids is 1. The van der Waals surface area contributed by atoms with Crippen molar-refractivity contribution < 1.29 is 14.6 Å². The van der Waals surface area contributed by atoms with Crippen LogP contribution in [-0.2, 0) is 18.3 Å². The predicted molar refractivity (Wildman–Crippen MR) is 78.2 cm³/mol. The van der Waals surface area contributed by atoms with Crippen LogP contribution in [0.1, 0.15) is 12.1 Å². The van der Waals surface area contributed by atoms with Gasteiger partial charge in [0, 0.05) is 25.9 Å². The van der Waals surface area contributed by atoms with Crippen molar-refractivity contribution in [3.05, 3.63) is 21.9 Å². The number of halogens is 2. The summed E-state index contributed by atoms with van der Waals surface area (Å²) in [4.78, 5) is 11.5. The zero-order valence-electron chi connectivity index (χ0n) is 11.3. The van der Waals surface area contributed by atoms with Gasteiger partial charge in [-0.3, -0.25) is 0 Å². The molecule has 0 fully saturated rings. The molecule has 0 radical (unpaired) electrons. The Morgan fingerprint density at radius 1 is 1.40 bits per heavy atom. The maximum atomic E-state index is 11.5. The first kappa shape index (κ1) is 17.1. The fourth-order valence-electron chi connectivity index (χ4n) is 1.53. The molecule has 1 aromatic rings. The number of urea groups is 1. The molecule has 0 aromatic carbocycles. The number of carbonyl (C=O) groups is 1. The molecule has 0 aliphatic heterocycles. The lowest BCUT2D eigenvalue weighted by Crippen LogP contribution is -2.36. The van der Waals surface area contributed by atoms with E-state index in [1.165, 1.54) is 0 Å². The minimum absolute atomic E-state index is 0.00962. The summed E-state index contributed by atoms with van der Waals surface area (Å²) in [6.45, 7) is 1.68. The molecule has 2 amide bonds. The van der Waals surface area contributed by atoms with Crippen molar-refractivity contribution in [2.24, 2.45) is 7.05 Å². The lowest BCUT2D eigenvalue weighted by atomic mass is 10.4. The van der Waals surface area contributed by atoms with Crippen molar-refractivity contribution in [3.8, 4) is 0 Å². The van der Waals surface area contributed by atoms with Crippen LogP contribution in [0.5, 0.6) is 0 Å². The molecule has 0 saturated heterocycles. The lowest BCUT2D eigenvalue weighted by Gasteiger charge is -2.08. The summed E-state index contributed by atoms with van der Waals surface area (Å²) in [6.07, 6.45) is 0.690. The van der Waals surface area contributed by atoms with E-state index in [-0.39, 0.29) is 12.6 Å². The molecular weight excluding hydrogens is 305 g/mol. The normalized spacial score (nSPS) is 10.6. The fourth-order valence-corrected chi connectivity index (χ4v) is 1.95. The monoisotopic (exact) mass is 323 g/mol. The van der Waals surface area contributed by atoms with Gasteiger partial charge in [-0.25, -0.2) is 4.79 Å². The van der Waals surface area contributed by atoms with Gasteiger partial charge in [-0.05, 0) is 12.5 Å². The number of hydrogen-bond donors (Lipinski definition) is 3. The summed E-state index contributed by atoms with van der Waals surface area (Å²) in [6, 6.07) is 1.45. The van der Waals surface area contributed by atoms with E-state index >= 15 is 0 Å². The minimum atomic E-state index is -0.263. The van der Waals surface area contributed by atoms with Gasteiger partial charge in [0.15, 0.2) is 0 Å². The van der Waals surface area contributed by atoms with E-state index in [0.29, 0.717) is 42.9 Å². The van der Waals surface area contributed by atoms with Crippen molar-refractivity contribution in [2.75, 3.05) is 26.4 Å². The fraction of sp³-hybridized carbons (Fsp3) is 0.583. The Bertz CT molecular complexity index is 438. The van der Waals surface area contributed by atoms with E-state index in [1.807, 2.05) is 0 Å². The third-order valence-corrected chi connectivity index (χ3v) is 3.47. The number of aromatic nitrogens is 1. The summed E-state index contributed by atoms with van der Waals surface area (Å²) in [5, 5.41) is 14.8. The highest BCUT2D eigenvalue weighted by molar-refractivity contribution is 6.41. The molecule has 3 N–H and O–H groups in total. The number of ether oxygens (including phenoxy) is 1. The van der Waals surface area contributed by atoms with Crippen LogP contribution in [-0.4, -0.2) is 42.1 Å². The topological polar surface area (TPSA) is 75.5 Å². The molecule has 1 aromatic heterocycles. The summed E-state index contributed by atoms with van der Waals surface area (Å²) in [5.74, 6) is 0. The molecule has 0 saturated carbocycles. The van der Waals surface area contributed by atoms with Gasteiger partial charge in [0.1, 0.15) is 5.15 Å². The lowest BCUT2D eigenvalue weighted by molar-refractivity contribution is 0.0910. The molecule has 1 heterocycles. The zero-order chi connectivity index (χ0) is 15.0. The number of aliphatic hydroxyl groups excluding tert-OH is 1. The van der Waals surface area contributed by atoms with Gasteiger partial charge in [0.25, 0.3) is 0 Å². The average Bonchev–Trinajstić information content (AvgIpc) is 2.68. The van der Waals surface area contributed by atoms with Crippen LogP contribution in [0, 0.1) is 0 Å². The molecule has 8 heteroatoms. The SMILES string of the molecule is Cn1c(CNC(=O)NCCCOCCO)cc(Cl)c1Cl. The van der Waals surface area contributed by atoms with Gasteiger partial charge in [0.05, 0.1) is 24.8 Å². The zero-order valence-corrected chi connectivity index (χ0v) is 12.8. The van der Waals surface area contributed by atoms with Gasteiger partial charge >= 0.3 is 6.03 Å². The molecule has 114 valence electrons. The van der Waals surface area contributed by atoms with E-state index in [1.54, 1.807) is 17.7 Å². The highest BCUT2D eigenvalue weighted by Gasteiger charge is 2.09. The van der Waals surface area contributed by atoms with Crippen LogP contribution in [0.25, 0.3) is 0 Å². The second-order valence-electron chi connectivity index (χ2n) is 4.13. The second kappa shape index (κ2) is 9.07. The largest absolute Gasteiger partial charge is 0.394 e. The van der Waals surface area contributed by atoms with Crippen molar-refractivity contribution >= 4 is 29.2 Å². The average molecular weight is 324 g/mol. The summed E-state index contributed by atoms with van der Waals surface area (Å²) >= 11 is 11.8. The highest BCUT2D eigenvalue weighted by Crippen LogP contribution is 2.24. The van der Waals surface area contributed by atoms with Crippen molar-refractivity contribution in [1.29, 1.82) is 0 Å². The number of aliphatic hydroxyl groups is 1. The molecule has 0 spiro atoms. The Balaban J connectivity index is 2.18. The van der Waals surface area contributed by atoms with E-state index in [2.05, 4.69) is 10.6 Å². The van der Waals surface area contributed by atoms with Gasteiger partial charge in [-0.1, -0.05) is 23.2 Å². The van der Waals surface area contributed by atoms with Gasteiger partial charge < -0.3 is 25.0 Å². The molecule has 6 nitrogen and oxygen atoms in total. The first-order chi connectivity index (χ1) is 9.56. The molecule has 1 rings (SSSR count). The van der Waals surface area contributed by atoms with E-state index in [4.69, 9.17) is 33.0 Å². The number of nitrogens with one attached hydrogen (secondary N) is 2. The predicted octanol–water partition coefficient (Wildman–Crippen LogP) is 1.53. The number of rotatable bonds is 8. The van der Waals surface area contributed by atoms with Gasteiger partial charge in [-0.2, -0.15) is 0 Å². The Hall–Kier alpha value is -0.950. The summed E-state index contributed by atoms with van der Waals surface area (Å²) in [5.41, 5.74) is 0.821. The van der Waals surface area contributed by atoms with Crippen LogP contribution < -0.4 is 10.6 Å². The summed E-state index contributed by atoms with van der Waals surface area (Å²) < 4.78 is 6.79. The van der Waals surface area contributed by atoms with E-state index in [0.717, 1.165) is 5.69 Å². The number of hydrogen-bond acceptors (Lipinski definition) is 3. The molecular formula is C12H19Cl2N3O3. The third-order valence-electron chi connectivity index (χ3n) is 2.63. The van der Waals surface area contributed by atoms with Crippen LogP contribution in [0.4, 0.5) is 4.79 Å². The van der Waals surface area contributed by atoms with Crippen molar-refractivity contribution in [3.63, 3.8) is 0 Å². The maximum absolute atomic E-state index is 11.5. The van der Waals surface area contributed by atoms with Crippen LogP contribution in [0.15, 0.2) is 6.07 Å². The molecule has 0 atom stereocenters.